The number of nitrogens with one attached hydrogen (secondary N) is 2. The Morgan fingerprint density at radius 3 is 2.61 bits per heavy atom. The minimum atomic E-state index is -0.772. The van der Waals surface area contributed by atoms with Gasteiger partial charge in [-0.1, -0.05) is 41.9 Å². The highest BCUT2D eigenvalue weighted by atomic mass is 35.5. The molecule has 1 saturated heterocycles. The molecule has 2 aromatic heterocycles. The number of aryl methyl sites for hydroxylation is 1. The number of carbonyl (C=O) groups excluding carboxylic acids is 1. The minimum absolute atomic E-state index is 0.0563. The van der Waals surface area contributed by atoms with Crippen LogP contribution in [0.25, 0.3) is 22.4 Å². The maximum Gasteiger partial charge on any atom is 0.330 e. The SMILES string of the molecule is COc1nc(-c2cccc(-c3cccc(NC(=O)c4cn(C)c(=O)n(C)c4=O)c3Cl)c2F)ccc1CNC1CCOC[C@@H]1O. The highest BCUT2D eigenvalue weighted by Crippen LogP contribution is 2.38. The van der Waals surface area contributed by atoms with Gasteiger partial charge < -0.3 is 29.8 Å². The fourth-order valence-electron chi connectivity index (χ4n) is 5.06. The minimum Gasteiger partial charge on any atom is -0.481 e. The van der Waals surface area contributed by atoms with Gasteiger partial charge in [0.15, 0.2) is 0 Å². The molecule has 230 valence electrons. The van der Waals surface area contributed by atoms with Crippen molar-refractivity contribution in [2.45, 2.75) is 25.1 Å². The number of amides is 1. The Kier molecular flexibility index (Phi) is 9.25. The van der Waals surface area contributed by atoms with Gasteiger partial charge in [0.05, 0.1) is 36.2 Å². The number of aliphatic hydroxyl groups is 1. The van der Waals surface area contributed by atoms with E-state index < -0.39 is 29.1 Å². The number of hydrogen-bond acceptors (Lipinski definition) is 8. The van der Waals surface area contributed by atoms with E-state index in [1.54, 1.807) is 42.5 Å². The zero-order chi connectivity index (χ0) is 31.5. The van der Waals surface area contributed by atoms with Gasteiger partial charge >= 0.3 is 5.69 Å². The van der Waals surface area contributed by atoms with Crippen LogP contribution < -0.4 is 26.6 Å². The Labute approximate surface area is 256 Å². The van der Waals surface area contributed by atoms with E-state index >= 15 is 4.39 Å². The van der Waals surface area contributed by atoms with E-state index in [9.17, 15) is 19.5 Å². The number of carbonyl (C=O) groups is 1. The molecule has 2 atom stereocenters. The Morgan fingerprint density at radius 2 is 1.86 bits per heavy atom. The molecule has 4 aromatic rings. The topological polar surface area (TPSA) is 137 Å². The number of nitrogens with zero attached hydrogens (tertiary/aromatic N) is 3. The third-order valence-electron chi connectivity index (χ3n) is 7.52. The van der Waals surface area contributed by atoms with E-state index in [4.69, 9.17) is 21.1 Å². The lowest BCUT2D eigenvalue weighted by atomic mass is 9.99. The first kappa shape index (κ1) is 31.1. The Bertz CT molecular complexity index is 1840. The van der Waals surface area contributed by atoms with Gasteiger partial charge in [0.25, 0.3) is 11.5 Å². The molecule has 44 heavy (non-hydrogen) atoms. The summed E-state index contributed by atoms with van der Waals surface area (Å²) in [6.45, 7) is 1.23. The second-order valence-corrected chi connectivity index (χ2v) is 10.7. The fraction of sp³-hybridized carbons (Fsp3) is 0.290. The predicted molar refractivity (Wildman–Crippen MR) is 164 cm³/mol. The van der Waals surface area contributed by atoms with Gasteiger partial charge in [-0.25, -0.2) is 14.2 Å². The third-order valence-corrected chi connectivity index (χ3v) is 7.92. The average Bonchev–Trinajstić information content (AvgIpc) is 3.02. The molecule has 11 nitrogen and oxygen atoms in total. The fourth-order valence-corrected chi connectivity index (χ4v) is 5.34. The molecule has 0 spiro atoms. The van der Waals surface area contributed by atoms with Crippen LogP contribution in [0.4, 0.5) is 10.1 Å². The van der Waals surface area contributed by atoms with Crippen molar-refractivity contribution < 1.29 is 23.8 Å². The van der Waals surface area contributed by atoms with Gasteiger partial charge in [-0.15, -0.1) is 0 Å². The number of anilines is 1. The number of pyridine rings is 1. The quantitative estimate of drug-likeness (QED) is 0.272. The molecular weight excluding hydrogens is 593 g/mol. The summed E-state index contributed by atoms with van der Waals surface area (Å²) in [5.74, 6) is -1.05. The van der Waals surface area contributed by atoms with Crippen LogP contribution in [0.5, 0.6) is 5.88 Å². The number of halogens is 2. The van der Waals surface area contributed by atoms with Gasteiger partial charge in [0.2, 0.25) is 5.88 Å². The third kappa shape index (κ3) is 6.15. The number of ether oxygens (including phenoxy) is 2. The molecule has 0 aliphatic carbocycles. The van der Waals surface area contributed by atoms with Crippen LogP contribution in [0.1, 0.15) is 22.3 Å². The molecule has 0 radical (unpaired) electrons. The molecule has 0 saturated carbocycles. The van der Waals surface area contributed by atoms with Crippen LogP contribution in [-0.2, 0) is 25.4 Å². The van der Waals surface area contributed by atoms with Gasteiger partial charge in [-0.05, 0) is 24.6 Å². The monoisotopic (exact) mass is 623 g/mol. The molecule has 3 N–H and O–H groups in total. The lowest BCUT2D eigenvalue weighted by Crippen LogP contribution is -2.46. The first-order chi connectivity index (χ1) is 21.1. The number of methoxy groups -OCH3 is 1. The number of aromatic nitrogens is 3. The van der Waals surface area contributed by atoms with Crippen LogP contribution >= 0.6 is 11.6 Å². The van der Waals surface area contributed by atoms with E-state index in [0.29, 0.717) is 36.7 Å². The van der Waals surface area contributed by atoms with Crippen LogP contribution in [0.15, 0.2) is 64.3 Å². The summed E-state index contributed by atoms with van der Waals surface area (Å²) in [7, 11) is 4.18. The van der Waals surface area contributed by atoms with E-state index in [1.807, 2.05) is 0 Å². The first-order valence-electron chi connectivity index (χ1n) is 13.8. The number of benzene rings is 2. The van der Waals surface area contributed by atoms with Gasteiger partial charge in [-0.3, -0.25) is 14.2 Å². The summed E-state index contributed by atoms with van der Waals surface area (Å²) in [6, 6.07) is 12.9. The Hall–Kier alpha value is -4.36. The second-order valence-electron chi connectivity index (χ2n) is 10.4. The molecule has 1 aliphatic heterocycles. The maximum atomic E-state index is 16.1. The summed E-state index contributed by atoms with van der Waals surface area (Å²) >= 11 is 6.66. The first-order valence-corrected chi connectivity index (χ1v) is 14.2. The molecule has 1 aliphatic rings. The van der Waals surface area contributed by atoms with Crippen molar-refractivity contribution >= 4 is 23.2 Å². The van der Waals surface area contributed by atoms with Crippen LogP contribution in [0.2, 0.25) is 5.02 Å². The maximum absolute atomic E-state index is 16.1. The largest absolute Gasteiger partial charge is 0.481 e. The van der Waals surface area contributed by atoms with Crippen LogP contribution in [0.3, 0.4) is 0 Å². The zero-order valence-electron chi connectivity index (χ0n) is 24.3. The zero-order valence-corrected chi connectivity index (χ0v) is 25.0. The van der Waals surface area contributed by atoms with Crippen molar-refractivity contribution in [3.8, 4) is 28.3 Å². The predicted octanol–water partition coefficient (Wildman–Crippen LogP) is 3.11. The molecule has 5 rings (SSSR count). The van der Waals surface area contributed by atoms with E-state index in [2.05, 4.69) is 15.6 Å². The van der Waals surface area contributed by atoms with Crippen LogP contribution in [0, 0.1) is 5.82 Å². The van der Waals surface area contributed by atoms with E-state index in [1.165, 1.54) is 27.3 Å². The molecule has 1 amide bonds. The summed E-state index contributed by atoms with van der Waals surface area (Å²) < 4.78 is 28.8. The van der Waals surface area contributed by atoms with E-state index in [0.717, 1.165) is 20.9 Å². The number of hydrogen-bond donors (Lipinski definition) is 3. The molecular formula is C31H31ClFN5O6. The van der Waals surface area contributed by atoms with E-state index in [-0.39, 0.29) is 40.0 Å². The molecule has 1 unspecified atom stereocenters. The Morgan fingerprint density at radius 1 is 1.14 bits per heavy atom. The van der Waals surface area contributed by atoms with Crippen LogP contribution in [-0.4, -0.2) is 57.6 Å². The highest BCUT2D eigenvalue weighted by Gasteiger charge is 2.24. The standard InChI is InChI=1S/C31H31ClFN5O6/c1-37-15-21(30(41)38(2)31(37)42)28(40)35-24-9-5-6-18(26(24)32)19-7-4-8-20(27(19)33)22-11-10-17(29(36-22)43-3)14-34-23-12-13-44-16-25(23)39/h4-11,15,23,25,34,39H,12-14,16H2,1-3H3,(H,35,40)/t23?,25-/m0/s1. The van der Waals surface area contributed by atoms with Crippen molar-refractivity contribution in [1.29, 1.82) is 0 Å². The highest BCUT2D eigenvalue weighted by molar-refractivity contribution is 6.36. The van der Waals surface area contributed by atoms with Gasteiger partial charge in [0, 0.05) is 61.7 Å². The van der Waals surface area contributed by atoms with Crippen molar-refractivity contribution in [3.05, 3.63) is 97.5 Å². The lowest BCUT2D eigenvalue weighted by molar-refractivity contribution is -0.0281. The molecule has 2 aromatic carbocycles. The summed E-state index contributed by atoms with van der Waals surface area (Å²) in [4.78, 5) is 42.1. The van der Waals surface area contributed by atoms with Crippen molar-refractivity contribution in [1.82, 2.24) is 19.4 Å². The molecule has 13 heteroatoms. The smallest absolute Gasteiger partial charge is 0.330 e. The summed E-state index contributed by atoms with van der Waals surface area (Å²) in [6.07, 6.45) is 1.21. The normalized spacial score (nSPS) is 16.5. The number of aliphatic hydroxyl groups excluding tert-OH is 1. The Balaban J connectivity index is 1.42. The molecule has 3 heterocycles. The second kappa shape index (κ2) is 13.1. The summed E-state index contributed by atoms with van der Waals surface area (Å²) in [5, 5.41) is 16.1. The van der Waals surface area contributed by atoms with Crippen molar-refractivity contribution in [3.63, 3.8) is 0 Å². The van der Waals surface area contributed by atoms with Crippen molar-refractivity contribution in [2.75, 3.05) is 25.6 Å². The average molecular weight is 624 g/mol. The summed E-state index contributed by atoms with van der Waals surface area (Å²) in [5.41, 5.74) is 0.320. The van der Waals surface area contributed by atoms with Gasteiger partial charge in [-0.2, -0.15) is 0 Å². The molecule has 0 bridgehead atoms. The molecule has 1 fully saturated rings. The number of rotatable bonds is 8. The van der Waals surface area contributed by atoms with Crippen molar-refractivity contribution in [2.24, 2.45) is 14.1 Å². The van der Waals surface area contributed by atoms with Gasteiger partial charge in [0.1, 0.15) is 11.4 Å². The lowest BCUT2D eigenvalue weighted by Gasteiger charge is -2.28.